The van der Waals surface area contributed by atoms with Crippen LogP contribution >= 0.6 is 0 Å². The molecule has 1 rings (SSSR count). The molecule has 0 fully saturated rings. The van der Waals surface area contributed by atoms with Crippen LogP contribution in [0.4, 0.5) is 11.6 Å². The molecule has 18 heavy (non-hydrogen) atoms. The van der Waals surface area contributed by atoms with Crippen LogP contribution in [0, 0.1) is 16.0 Å². The summed E-state index contributed by atoms with van der Waals surface area (Å²) in [7, 11) is 1.84. The molecule has 1 heterocycles. The van der Waals surface area contributed by atoms with Crippen molar-refractivity contribution in [2.24, 2.45) is 11.7 Å². The normalized spacial score (nSPS) is 12.5. The first kappa shape index (κ1) is 14.3. The number of nitro groups is 1. The molecule has 0 aliphatic heterocycles. The van der Waals surface area contributed by atoms with Crippen molar-refractivity contribution < 1.29 is 4.92 Å². The second-order valence-corrected chi connectivity index (χ2v) is 4.62. The first-order valence-electron chi connectivity index (χ1n) is 5.85. The Morgan fingerprint density at radius 3 is 2.44 bits per heavy atom. The van der Waals surface area contributed by atoms with E-state index >= 15 is 0 Å². The highest BCUT2D eigenvalue weighted by Crippen LogP contribution is 2.12. The van der Waals surface area contributed by atoms with Gasteiger partial charge in [0.1, 0.15) is 12.4 Å². The van der Waals surface area contributed by atoms with Gasteiger partial charge in [0.25, 0.3) is 0 Å². The summed E-state index contributed by atoms with van der Waals surface area (Å²) in [5, 5.41) is 10.5. The van der Waals surface area contributed by atoms with E-state index in [-0.39, 0.29) is 11.7 Å². The van der Waals surface area contributed by atoms with E-state index in [1.165, 1.54) is 12.4 Å². The maximum Gasteiger partial charge on any atom is 0.305 e. The van der Waals surface area contributed by atoms with Gasteiger partial charge in [-0.2, -0.15) is 0 Å². The van der Waals surface area contributed by atoms with E-state index in [4.69, 9.17) is 5.73 Å². The molecule has 0 spiro atoms. The highest BCUT2D eigenvalue weighted by atomic mass is 16.6. The zero-order valence-electron chi connectivity index (χ0n) is 10.9. The van der Waals surface area contributed by atoms with E-state index in [9.17, 15) is 10.1 Å². The molecular weight excluding hydrogens is 234 g/mol. The van der Waals surface area contributed by atoms with Crippen molar-refractivity contribution in [3.8, 4) is 0 Å². The minimum atomic E-state index is -0.515. The quantitative estimate of drug-likeness (QED) is 0.604. The first-order valence-corrected chi connectivity index (χ1v) is 5.85. The lowest BCUT2D eigenvalue weighted by Crippen LogP contribution is -2.32. The number of aromatic nitrogens is 2. The molecule has 0 aliphatic carbocycles. The van der Waals surface area contributed by atoms with Crippen molar-refractivity contribution in [2.75, 3.05) is 18.5 Å². The molecule has 7 nitrogen and oxygen atoms in total. The summed E-state index contributed by atoms with van der Waals surface area (Å²) in [6.45, 7) is 4.87. The largest absolute Gasteiger partial charge is 0.344 e. The molecule has 1 aromatic rings. The van der Waals surface area contributed by atoms with E-state index in [1.54, 1.807) is 0 Å². The minimum Gasteiger partial charge on any atom is -0.344 e. The average Bonchev–Trinajstić information content (AvgIpc) is 2.35. The number of rotatable bonds is 6. The van der Waals surface area contributed by atoms with Crippen molar-refractivity contribution in [1.29, 1.82) is 0 Å². The number of hydrogen-bond donors (Lipinski definition) is 1. The summed E-state index contributed by atoms with van der Waals surface area (Å²) in [5.74, 6) is 0.896. The Bertz CT molecular complexity index is 393. The van der Waals surface area contributed by atoms with Crippen LogP contribution in [0.1, 0.15) is 20.3 Å². The monoisotopic (exact) mass is 253 g/mol. The van der Waals surface area contributed by atoms with Crippen LogP contribution in [0.3, 0.4) is 0 Å². The molecule has 7 heteroatoms. The molecule has 0 saturated carbocycles. The number of hydrogen-bond acceptors (Lipinski definition) is 6. The molecule has 0 aromatic carbocycles. The molecule has 2 N–H and O–H groups in total. The third-order valence-corrected chi connectivity index (χ3v) is 2.83. The average molecular weight is 253 g/mol. The number of nitrogens with zero attached hydrogens (tertiary/aromatic N) is 4. The SMILES string of the molecule is CC(C)C(N)CCN(C)c1ncc([N+](=O)[O-])cn1. The summed E-state index contributed by atoms with van der Waals surface area (Å²) in [4.78, 5) is 19.7. The molecule has 100 valence electrons. The van der Waals surface area contributed by atoms with Crippen LogP contribution in [0.2, 0.25) is 0 Å². The summed E-state index contributed by atoms with van der Waals surface area (Å²) < 4.78 is 0. The van der Waals surface area contributed by atoms with E-state index in [0.29, 0.717) is 11.9 Å². The van der Waals surface area contributed by atoms with E-state index in [1.807, 2.05) is 11.9 Å². The highest BCUT2D eigenvalue weighted by Gasteiger charge is 2.12. The Kier molecular flexibility index (Phi) is 4.96. The molecule has 1 aromatic heterocycles. The van der Waals surface area contributed by atoms with Gasteiger partial charge in [-0.1, -0.05) is 13.8 Å². The Morgan fingerprint density at radius 2 is 2.00 bits per heavy atom. The smallest absolute Gasteiger partial charge is 0.305 e. The van der Waals surface area contributed by atoms with Gasteiger partial charge in [0.05, 0.1) is 4.92 Å². The predicted molar refractivity (Wildman–Crippen MR) is 69.4 cm³/mol. The van der Waals surface area contributed by atoms with E-state index in [0.717, 1.165) is 13.0 Å². The molecule has 1 atom stereocenters. The van der Waals surface area contributed by atoms with Gasteiger partial charge in [-0.3, -0.25) is 10.1 Å². The van der Waals surface area contributed by atoms with Gasteiger partial charge in [0.2, 0.25) is 5.95 Å². The third-order valence-electron chi connectivity index (χ3n) is 2.83. The second kappa shape index (κ2) is 6.25. The topological polar surface area (TPSA) is 98.2 Å². The van der Waals surface area contributed by atoms with Crippen LogP contribution in [0.25, 0.3) is 0 Å². The summed E-state index contributed by atoms with van der Waals surface area (Å²) in [6, 6.07) is 0.130. The zero-order valence-corrected chi connectivity index (χ0v) is 10.9. The first-order chi connectivity index (χ1) is 8.41. The molecule has 0 aliphatic rings. The van der Waals surface area contributed by atoms with Gasteiger partial charge in [-0.15, -0.1) is 0 Å². The van der Waals surface area contributed by atoms with Crippen molar-refractivity contribution in [3.05, 3.63) is 22.5 Å². The van der Waals surface area contributed by atoms with Crippen LogP contribution in [-0.4, -0.2) is 34.5 Å². The fourth-order valence-electron chi connectivity index (χ4n) is 1.38. The van der Waals surface area contributed by atoms with Gasteiger partial charge >= 0.3 is 5.69 Å². The Balaban J connectivity index is 2.56. The van der Waals surface area contributed by atoms with Crippen LogP contribution in [0.15, 0.2) is 12.4 Å². The number of nitrogens with two attached hydrogens (primary N) is 1. The minimum absolute atomic E-state index is 0.106. The Morgan fingerprint density at radius 1 is 1.44 bits per heavy atom. The third kappa shape index (κ3) is 3.92. The lowest BCUT2D eigenvalue weighted by molar-refractivity contribution is -0.385. The molecule has 1 unspecified atom stereocenters. The van der Waals surface area contributed by atoms with Crippen LogP contribution < -0.4 is 10.6 Å². The molecule has 0 saturated heterocycles. The molecule has 0 radical (unpaired) electrons. The number of anilines is 1. The Hall–Kier alpha value is -1.76. The van der Waals surface area contributed by atoms with E-state index < -0.39 is 4.92 Å². The summed E-state index contributed by atoms with van der Waals surface area (Å²) >= 11 is 0. The van der Waals surface area contributed by atoms with Gasteiger partial charge in [0, 0.05) is 19.6 Å². The van der Waals surface area contributed by atoms with Crippen molar-refractivity contribution in [3.63, 3.8) is 0 Å². The second-order valence-electron chi connectivity index (χ2n) is 4.62. The van der Waals surface area contributed by atoms with Crippen LogP contribution in [0.5, 0.6) is 0 Å². The maximum absolute atomic E-state index is 10.5. The lowest BCUT2D eigenvalue weighted by atomic mass is 10.0. The van der Waals surface area contributed by atoms with Crippen molar-refractivity contribution >= 4 is 11.6 Å². The Labute approximate surface area is 106 Å². The fraction of sp³-hybridized carbons (Fsp3) is 0.636. The highest BCUT2D eigenvalue weighted by molar-refractivity contribution is 5.32. The summed E-state index contributed by atoms with van der Waals surface area (Å²) in [5.41, 5.74) is 5.84. The van der Waals surface area contributed by atoms with Crippen molar-refractivity contribution in [1.82, 2.24) is 9.97 Å². The molecule has 0 bridgehead atoms. The fourth-order valence-corrected chi connectivity index (χ4v) is 1.38. The standard InChI is InChI=1S/C11H19N5O2/c1-8(2)10(12)4-5-15(3)11-13-6-9(7-14-11)16(17)18/h6-8,10H,4-5,12H2,1-3H3. The van der Waals surface area contributed by atoms with E-state index in [2.05, 4.69) is 23.8 Å². The lowest BCUT2D eigenvalue weighted by Gasteiger charge is -2.21. The van der Waals surface area contributed by atoms with Gasteiger partial charge in [-0.25, -0.2) is 9.97 Å². The molecular formula is C11H19N5O2. The summed E-state index contributed by atoms with van der Waals surface area (Å²) in [6.07, 6.45) is 3.25. The van der Waals surface area contributed by atoms with Crippen LogP contribution in [-0.2, 0) is 0 Å². The maximum atomic E-state index is 10.5. The zero-order chi connectivity index (χ0) is 13.7. The van der Waals surface area contributed by atoms with Gasteiger partial charge in [-0.05, 0) is 12.3 Å². The van der Waals surface area contributed by atoms with Gasteiger partial charge in [0.15, 0.2) is 0 Å². The predicted octanol–water partition coefficient (Wildman–Crippen LogP) is 1.19. The van der Waals surface area contributed by atoms with Gasteiger partial charge < -0.3 is 10.6 Å². The van der Waals surface area contributed by atoms with Crippen molar-refractivity contribution in [2.45, 2.75) is 26.3 Å². The molecule has 0 amide bonds.